The lowest BCUT2D eigenvalue weighted by molar-refractivity contribution is -0.0119. The standard InChI is InChI=1S/C23H27FO8/c1-27-9-11-29-15-31-19-13-21(26)23(22(14-19)32-16-30-12-10-28-2)20(25)8-5-17-3-6-18(24)7-4-17/h3-8,13-14,26H,9-12,15-16H2,1-2H3. The third-order valence-electron chi connectivity index (χ3n) is 4.07. The van der Waals surface area contributed by atoms with Gasteiger partial charge in [0.2, 0.25) is 0 Å². The van der Waals surface area contributed by atoms with E-state index in [0.717, 1.165) is 0 Å². The highest BCUT2D eigenvalue weighted by Crippen LogP contribution is 2.34. The number of ether oxygens (including phenoxy) is 6. The van der Waals surface area contributed by atoms with Crippen LogP contribution in [0.15, 0.2) is 42.5 Å². The van der Waals surface area contributed by atoms with Gasteiger partial charge in [-0.2, -0.15) is 0 Å². The van der Waals surface area contributed by atoms with E-state index in [4.69, 9.17) is 28.4 Å². The van der Waals surface area contributed by atoms with Gasteiger partial charge < -0.3 is 33.5 Å². The SMILES string of the molecule is COCCOCOc1cc(O)c(C(=O)C=Cc2ccc(F)cc2)c(OCOCCOC)c1. The second-order valence-electron chi connectivity index (χ2n) is 6.39. The van der Waals surface area contributed by atoms with E-state index >= 15 is 0 Å². The van der Waals surface area contributed by atoms with Gasteiger partial charge in [0.05, 0.1) is 26.4 Å². The van der Waals surface area contributed by atoms with Crippen molar-refractivity contribution in [1.29, 1.82) is 0 Å². The molecule has 9 heteroatoms. The second kappa shape index (κ2) is 14.2. The first kappa shape index (κ1) is 25.3. The zero-order valence-corrected chi connectivity index (χ0v) is 18.0. The summed E-state index contributed by atoms with van der Waals surface area (Å²) in [6, 6.07) is 8.37. The molecule has 0 saturated carbocycles. The van der Waals surface area contributed by atoms with Crippen LogP contribution in [0.3, 0.4) is 0 Å². The molecular weight excluding hydrogens is 423 g/mol. The maximum atomic E-state index is 13.1. The van der Waals surface area contributed by atoms with Crippen LogP contribution in [-0.4, -0.2) is 65.1 Å². The summed E-state index contributed by atoms with van der Waals surface area (Å²) in [6.07, 6.45) is 2.77. The second-order valence-corrected chi connectivity index (χ2v) is 6.39. The number of methoxy groups -OCH3 is 2. The fourth-order valence-electron chi connectivity index (χ4n) is 2.47. The van der Waals surface area contributed by atoms with E-state index in [1.54, 1.807) is 14.2 Å². The monoisotopic (exact) mass is 450 g/mol. The molecule has 0 saturated heterocycles. The molecule has 0 aliphatic rings. The van der Waals surface area contributed by atoms with Crippen molar-refractivity contribution in [2.45, 2.75) is 0 Å². The molecule has 2 rings (SSSR count). The summed E-state index contributed by atoms with van der Waals surface area (Å²) < 4.78 is 44.4. The van der Waals surface area contributed by atoms with Crippen LogP contribution in [0.5, 0.6) is 17.2 Å². The van der Waals surface area contributed by atoms with Gasteiger partial charge in [-0.15, -0.1) is 0 Å². The van der Waals surface area contributed by atoms with Gasteiger partial charge >= 0.3 is 0 Å². The highest BCUT2D eigenvalue weighted by molar-refractivity contribution is 6.10. The molecule has 0 bridgehead atoms. The Labute approximate surface area is 186 Å². The van der Waals surface area contributed by atoms with Crippen molar-refractivity contribution in [3.05, 3.63) is 59.4 Å². The number of halogens is 1. The van der Waals surface area contributed by atoms with Gasteiger partial charge in [-0.3, -0.25) is 4.79 Å². The number of carbonyl (C=O) groups is 1. The molecule has 0 aliphatic heterocycles. The fourth-order valence-corrected chi connectivity index (χ4v) is 2.47. The van der Waals surface area contributed by atoms with Gasteiger partial charge in [-0.1, -0.05) is 18.2 Å². The Bertz CT molecular complexity index is 867. The summed E-state index contributed by atoms with van der Waals surface area (Å²) in [5.41, 5.74) is 0.559. The number of rotatable bonds is 15. The van der Waals surface area contributed by atoms with Crippen LogP contribution in [0.2, 0.25) is 0 Å². The summed E-state index contributed by atoms with van der Waals surface area (Å²) in [5, 5.41) is 10.5. The van der Waals surface area contributed by atoms with Crippen LogP contribution in [0.4, 0.5) is 4.39 Å². The molecule has 2 aromatic rings. The van der Waals surface area contributed by atoms with E-state index < -0.39 is 5.78 Å². The largest absolute Gasteiger partial charge is 0.507 e. The molecule has 0 aliphatic carbocycles. The predicted octanol–water partition coefficient (Wildman–Crippen LogP) is 3.43. The molecule has 0 radical (unpaired) electrons. The minimum Gasteiger partial charge on any atom is -0.507 e. The first-order valence-electron chi connectivity index (χ1n) is 9.79. The van der Waals surface area contributed by atoms with Crippen LogP contribution in [-0.2, 0) is 18.9 Å². The predicted molar refractivity (Wildman–Crippen MR) is 115 cm³/mol. The number of benzene rings is 2. The van der Waals surface area contributed by atoms with E-state index in [2.05, 4.69) is 0 Å². The number of aromatic hydroxyl groups is 1. The maximum absolute atomic E-state index is 13.1. The Morgan fingerprint density at radius 1 is 0.938 bits per heavy atom. The molecule has 2 aromatic carbocycles. The van der Waals surface area contributed by atoms with Crippen molar-refractivity contribution in [2.75, 3.05) is 54.2 Å². The molecule has 174 valence electrons. The van der Waals surface area contributed by atoms with Gasteiger partial charge in [0.25, 0.3) is 0 Å². The van der Waals surface area contributed by atoms with Gasteiger partial charge in [-0.05, 0) is 23.8 Å². The van der Waals surface area contributed by atoms with Gasteiger partial charge in [0.1, 0.15) is 28.6 Å². The maximum Gasteiger partial charge on any atom is 0.193 e. The zero-order chi connectivity index (χ0) is 23.2. The summed E-state index contributed by atoms with van der Waals surface area (Å²) in [7, 11) is 3.10. The van der Waals surface area contributed by atoms with Crippen LogP contribution < -0.4 is 9.47 Å². The van der Waals surface area contributed by atoms with E-state index in [9.17, 15) is 14.3 Å². The Balaban J connectivity index is 2.15. The van der Waals surface area contributed by atoms with E-state index in [1.807, 2.05) is 0 Å². The minimum absolute atomic E-state index is 0.0636. The van der Waals surface area contributed by atoms with Crippen LogP contribution >= 0.6 is 0 Å². The molecule has 0 atom stereocenters. The molecule has 0 aromatic heterocycles. The average molecular weight is 450 g/mol. The number of hydrogen-bond acceptors (Lipinski definition) is 8. The number of carbonyl (C=O) groups excluding carboxylic acids is 1. The van der Waals surface area contributed by atoms with E-state index in [-0.39, 0.29) is 42.2 Å². The Hall–Kier alpha value is -2.98. The molecule has 0 heterocycles. The minimum atomic E-state index is -0.512. The lowest BCUT2D eigenvalue weighted by Crippen LogP contribution is -2.11. The third kappa shape index (κ3) is 8.64. The smallest absolute Gasteiger partial charge is 0.193 e. The summed E-state index contributed by atoms with van der Waals surface area (Å²) in [5.74, 6) is -0.910. The summed E-state index contributed by atoms with van der Waals surface area (Å²) >= 11 is 0. The first-order chi connectivity index (χ1) is 15.5. The first-order valence-corrected chi connectivity index (χ1v) is 9.79. The Morgan fingerprint density at radius 3 is 2.19 bits per heavy atom. The van der Waals surface area contributed by atoms with Crippen LogP contribution in [0.1, 0.15) is 15.9 Å². The summed E-state index contributed by atoms with van der Waals surface area (Å²) in [6.45, 7) is 1.17. The Morgan fingerprint density at radius 2 is 1.56 bits per heavy atom. The quantitative estimate of drug-likeness (QED) is 0.191. The summed E-state index contributed by atoms with van der Waals surface area (Å²) in [4.78, 5) is 12.8. The third-order valence-corrected chi connectivity index (χ3v) is 4.07. The Kier molecular flexibility index (Phi) is 11.2. The van der Waals surface area contributed by atoms with E-state index in [1.165, 1.54) is 48.6 Å². The number of ketones is 1. The molecular formula is C23H27FO8. The van der Waals surface area contributed by atoms with Gasteiger partial charge in [0.15, 0.2) is 19.4 Å². The highest BCUT2D eigenvalue weighted by atomic mass is 19.1. The van der Waals surface area contributed by atoms with Crippen molar-refractivity contribution >= 4 is 11.9 Å². The van der Waals surface area contributed by atoms with Gasteiger partial charge in [0, 0.05) is 26.4 Å². The molecule has 0 spiro atoms. The van der Waals surface area contributed by atoms with Crippen LogP contribution in [0, 0.1) is 5.82 Å². The van der Waals surface area contributed by atoms with Gasteiger partial charge in [-0.25, -0.2) is 4.39 Å². The normalized spacial score (nSPS) is 11.1. The van der Waals surface area contributed by atoms with Crippen molar-refractivity contribution in [3.63, 3.8) is 0 Å². The molecule has 0 unspecified atom stereocenters. The number of phenolic OH excluding ortho intramolecular Hbond substituents is 1. The van der Waals surface area contributed by atoms with Crippen LogP contribution in [0.25, 0.3) is 6.08 Å². The molecule has 0 amide bonds. The number of hydrogen-bond donors (Lipinski definition) is 1. The number of phenols is 1. The fraction of sp³-hybridized carbons (Fsp3) is 0.348. The molecule has 0 fully saturated rings. The zero-order valence-electron chi connectivity index (χ0n) is 18.0. The lowest BCUT2D eigenvalue weighted by atomic mass is 10.1. The topological polar surface area (TPSA) is 92.7 Å². The van der Waals surface area contributed by atoms with Crippen molar-refractivity contribution in [3.8, 4) is 17.2 Å². The van der Waals surface area contributed by atoms with Crippen molar-refractivity contribution in [2.24, 2.45) is 0 Å². The molecule has 8 nitrogen and oxygen atoms in total. The number of allylic oxidation sites excluding steroid dienone is 1. The van der Waals surface area contributed by atoms with Crippen molar-refractivity contribution < 1.29 is 42.7 Å². The van der Waals surface area contributed by atoms with Crippen molar-refractivity contribution in [1.82, 2.24) is 0 Å². The average Bonchev–Trinajstić information content (AvgIpc) is 2.78. The molecule has 1 N–H and O–H groups in total. The molecule has 32 heavy (non-hydrogen) atoms. The van der Waals surface area contributed by atoms with E-state index in [0.29, 0.717) is 32.0 Å². The lowest BCUT2D eigenvalue weighted by Gasteiger charge is -2.14. The highest BCUT2D eigenvalue weighted by Gasteiger charge is 2.18.